The summed E-state index contributed by atoms with van der Waals surface area (Å²) in [5, 5.41) is 6.42. The molecule has 1 aliphatic carbocycles. The summed E-state index contributed by atoms with van der Waals surface area (Å²) in [7, 11) is 0. The molecule has 3 N–H and O–H groups in total. The molecule has 1 saturated carbocycles. The van der Waals surface area contributed by atoms with Crippen molar-refractivity contribution in [3.8, 4) is 0 Å². The van der Waals surface area contributed by atoms with Crippen LogP contribution in [0.15, 0.2) is 29.1 Å². The number of carbonyl (C=O) groups is 1. The first-order valence-electron chi connectivity index (χ1n) is 8.91. The summed E-state index contributed by atoms with van der Waals surface area (Å²) in [4.78, 5) is 26.8. The van der Waals surface area contributed by atoms with Crippen LogP contribution in [0.4, 0.5) is 0 Å². The van der Waals surface area contributed by atoms with E-state index in [1.165, 1.54) is 43.1 Å². The van der Waals surface area contributed by atoms with Gasteiger partial charge in [-0.3, -0.25) is 9.36 Å². The molecule has 0 spiro atoms. The Bertz CT molecular complexity index is 732. The average Bonchev–Trinajstić information content (AvgIpc) is 2.76. The molecular formula is C18H27ClN4O2. The second kappa shape index (κ2) is 9.63. The first-order valence-corrected chi connectivity index (χ1v) is 8.91. The number of para-hydroxylation sites is 2. The van der Waals surface area contributed by atoms with Gasteiger partial charge in [0, 0.05) is 19.1 Å². The maximum Gasteiger partial charge on any atom is 0.326 e. The van der Waals surface area contributed by atoms with E-state index >= 15 is 0 Å². The fraction of sp³-hybridized carbons (Fsp3) is 0.556. The molecular weight excluding hydrogens is 340 g/mol. The molecule has 0 aliphatic heterocycles. The van der Waals surface area contributed by atoms with Crippen molar-refractivity contribution in [2.45, 2.75) is 51.1 Å². The summed E-state index contributed by atoms with van der Waals surface area (Å²) in [5.74, 6) is -0.135. The van der Waals surface area contributed by atoms with Gasteiger partial charge in [-0.2, -0.15) is 0 Å². The fourth-order valence-electron chi connectivity index (χ4n) is 3.42. The van der Waals surface area contributed by atoms with Crippen molar-refractivity contribution in [2.75, 3.05) is 13.1 Å². The lowest BCUT2D eigenvalue weighted by Crippen LogP contribution is -2.38. The highest BCUT2D eigenvalue weighted by atomic mass is 35.5. The molecule has 0 bridgehead atoms. The molecule has 6 nitrogen and oxygen atoms in total. The smallest absolute Gasteiger partial charge is 0.326 e. The maximum atomic E-state index is 12.1. The standard InChI is InChI=1S/C18H26N4O2.ClH/c23-17(20-12-11-19-14-7-3-1-2-4-8-14)13-22-16-10-6-5-9-15(16)21-18(22)24;/h5-6,9-10,14,19H,1-4,7-8,11-13H2,(H,20,23)(H,21,24);1H. The van der Waals surface area contributed by atoms with E-state index in [2.05, 4.69) is 15.6 Å². The van der Waals surface area contributed by atoms with Crippen LogP contribution in [0.3, 0.4) is 0 Å². The van der Waals surface area contributed by atoms with E-state index in [1.807, 2.05) is 24.3 Å². The first kappa shape index (κ1) is 19.5. The normalized spacial score (nSPS) is 15.5. The van der Waals surface area contributed by atoms with E-state index in [1.54, 1.807) is 0 Å². The lowest BCUT2D eigenvalue weighted by Gasteiger charge is -2.16. The summed E-state index contributed by atoms with van der Waals surface area (Å²) >= 11 is 0. The topological polar surface area (TPSA) is 78.9 Å². The third kappa shape index (κ3) is 5.34. The highest BCUT2D eigenvalue weighted by molar-refractivity contribution is 5.85. The number of hydrogen-bond acceptors (Lipinski definition) is 3. The van der Waals surface area contributed by atoms with Gasteiger partial charge in [0.1, 0.15) is 6.54 Å². The number of nitrogens with zero attached hydrogens (tertiary/aromatic N) is 1. The van der Waals surface area contributed by atoms with Crippen LogP contribution in [0.5, 0.6) is 0 Å². The Hall–Kier alpha value is -1.79. The Morgan fingerprint density at radius 3 is 2.60 bits per heavy atom. The molecule has 1 aromatic heterocycles. The molecule has 1 aliphatic rings. The van der Waals surface area contributed by atoms with Crippen molar-refractivity contribution in [1.29, 1.82) is 0 Å². The Balaban J connectivity index is 0.00000225. The number of carbonyl (C=O) groups excluding carboxylic acids is 1. The van der Waals surface area contributed by atoms with E-state index in [0.717, 1.165) is 17.6 Å². The van der Waals surface area contributed by atoms with Crippen molar-refractivity contribution >= 4 is 29.3 Å². The van der Waals surface area contributed by atoms with Gasteiger partial charge in [0.15, 0.2) is 0 Å². The number of hydrogen-bond donors (Lipinski definition) is 3. The summed E-state index contributed by atoms with van der Waals surface area (Å²) in [6, 6.07) is 7.99. The minimum Gasteiger partial charge on any atom is -0.353 e. The number of amides is 1. The molecule has 138 valence electrons. The van der Waals surface area contributed by atoms with Crippen LogP contribution in [-0.2, 0) is 11.3 Å². The third-order valence-electron chi connectivity index (χ3n) is 4.72. The molecule has 0 atom stereocenters. The second-order valence-electron chi connectivity index (χ2n) is 6.53. The number of halogens is 1. The van der Waals surface area contributed by atoms with Crippen molar-refractivity contribution in [1.82, 2.24) is 20.2 Å². The van der Waals surface area contributed by atoms with Crippen LogP contribution in [0.2, 0.25) is 0 Å². The highest BCUT2D eigenvalue weighted by Crippen LogP contribution is 2.16. The second-order valence-corrected chi connectivity index (χ2v) is 6.53. The van der Waals surface area contributed by atoms with Crippen molar-refractivity contribution in [2.24, 2.45) is 0 Å². The van der Waals surface area contributed by atoms with Gasteiger partial charge in [-0.05, 0) is 25.0 Å². The van der Waals surface area contributed by atoms with Crippen LogP contribution in [0.1, 0.15) is 38.5 Å². The number of benzene rings is 1. The largest absolute Gasteiger partial charge is 0.353 e. The van der Waals surface area contributed by atoms with Gasteiger partial charge in [-0.15, -0.1) is 12.4 Å². The summed E-state index contributed by atoms with van der Waals surface area (Å²) in [5.41, 5.74) is 1.27. The molecule has 7 heteroatoms. The van der Waals surface area contributed by atoms with E-state index < -0.39 is 0 Å². The van der Waals surface area contributed by atoms with Crippen LogP contribution < -0.4 is 16.3 Å². The highest BCUT2D eigenvalue weighted by Gasteiger charge is 2.12. The van der Waals surface area contributed by atoms with Gasteiger partial charge in [0.25, 0.3) is 0 Å². The van der Waals surface area contributed by atoms with E-state index in [9.17, 15) is 9.59 Å². The Kier molecular flexibility index (Phi) is 7.52. The molecule has 1 fully saturated rings. The van der Waals surface area contributed by atoms with Crippen molar-refractivity contribution < 1.29 is 4.79 Å². The molecule has 0 unspecified atom stereocenters. The molecule has 2 aromatic rings. The van der Waals surface area contributed by atoms with Crippen LogP contribution in [-0.4, -0.2) is 34.6 Å². The zero-order chi connectivity index (χ0) is 16.8. The van der Waals surface area contributed by atoms with E-state index in [0.29, 0.717) is 12.6 Å². The Morgan fingerprint density at radius 1 is 1.12 bits per heavy atom. The Morgan fingerprint density at radius 2 is 1.84 bits per heavy atom. The number of fused-ring (bicyclic) bond motifs is 1. The van der Waals surface area contributed by atoms with E-state index in [4.69, 9.17) is 0 Å². The zero-order valence-corrected chi connectivity index (χ0v) is 15.2. The van der Waals surface area contributed by atoms with Gasteiger partial charge in [-0.25, -0.2) is 4.79 Å². The lowest BCUT2D eigenvalue weighted by atomic mass is 10.1. The van der Waals surface area contributed by atoms with Crippen LogP contribution in [0, 0.1) is 0 Å². The quantitative estimate of drug-likeness (QED) is 0.541. The van der Waals surface area contributed by atoms with Gasteiger partial charge < -0.3 is 15.6 Å². The van der Waals surface area contributed by atoms with Crippen molar-refractivity contribution in [3.05, 3.63) is 34.7 Å². The van der Waals surface area contributed by atoms with Crippen molar-refractivity contribution in [3.63, 3.8) is 0 Å². The Labute approximate surface area is 153 Å². The monoisotopic (exact) mass is 366 g/mol. The van der Waals surface area contributed by atoms with Gasteiger partial charge in [-0.1, -0.05) is 37.8 Å². The summed E-state index contributed by atoms with van der Waals surface area (Å²) < 4.78 is 1.48. The fourth-order valence-corrected chi connectivity index (χ4v) is 3.42. The van der Waals surface area contributed by atoms with Crippen LogP contribution in [0.25, 0.3) is 11.0 Å². The van der Waals surface area contributed by atoms with Crippen LogP contribution >= 0.6 is 12.4 Å². The predicted octanol–water partition coefficient (Wildman–Crippen LogP) is 2.18. The number of rotatable bonds is 6. The van der Waals surface area contributed by atoms with Gasteiger partial charge in [0.05, 0.1) is 11.0 Å². The molecule has 25 heavy (non-hydrogen) atoms. The molecule has 0 saturated heterocycles. The minimum atomic E-state index is -0.247. The number of aromatic nitrogens is 2. The van der Waals surface area contributed by atoms with E-state index in [-0.39, 0.29) is 30.5 Å². The number of nitrogens with one attached hydrogen (secondary N) is 3. The lowest BCUT2D eigenvalue weighted by molar-refractivity contribution is -0.121. The first-order chi connectivity index (χ1) is 11.7. The molecule has 0 radical (unpaired) electrons. The number of aromatic amines is 1. The molecule has 1 aromatic carbocycles. The SMILES string of the molecule is Cl.O=C(Cn1c(=O)[nH]c2ccccc21)NCCNC1CCCCCC1. The third-order valence-corrected chi connectivity index (χ3v) is 4.72. The maximum absolute atomic E-state index is 12.1. The van der Waals surface area contributed by atoms with Gasteiger partial charge in [0.2, 0.25) is 5.91 Å². The zero-order valence-electron chi connectivity index (χ0n) is 14.4. The number of imidazole rings is 1. The molecule has 1 heterocycles. The number of H-pyrrole nitrogens is 1. The molecule has 3 rings (SSSR count). The molecule has 1 amide bonds. The average molecular weight is 367 g/mol. The summed E-state index contributed by atoms with van der Waals surface area (Å²) in [6.45, 7) is 1.41. The minimum absolute atomic E-state index is 0. The van der Waals surface area contributed by atoms with Gasteiger partial charge >= 0.3 is 5.69 Å². The summed E-state index contributed by atoms with van der Waals surface area (Å²) in [6.07, 6.45) is 7.75. The predicted molar refractivity (Wildman–Crippen MR) is 102 cm³/mol.